The highest BCUT2D eigenvalue weighted by Crippen LogP contribution is 2.29. The summed E-state index contributed by atoms with van der Waals surface area (Å²) < 4.78 is 0.0437. The Morgan fingerprint density at radius 3 is 2.78 bits per heavy atom. The third-order valence-electron chi connectivity index (χ3n) is 2.81. The molecule has 1 heterocycles. The van der Waals surface area contributed by atoms with Crippen LogP contribution in [0.3, 0.4) is 0 Å². The lowest BCUT2D eigenvalue weighted by atomic mass is 10.2. The molecule has 23 heavy (non-hydrogen) atoms. The first-order valence-corrected chi connectivity index (χ1v) is 7.09. The van der Waals surface area contributed by atoms with Gasteiger partial charge in [-0.05, 0) is 24.6 Å². The number of hydrogen-bond acceptors (Lipinski definition) is 6. The van der Waals surface area contributed by atoms with E-state index in [1.807, 2.05) is 0 Å². The van der Waals surface area contributed by atoms with Gasteiger partial charge in [0.1, 0.15) is 0 Å². The van der Waals surface area contributed by atoms with E-state index >= 15 is 0 Å². The molecule has 0 bridgehead atoms. The van der Waals surface area contributed by atoms with Crippen molar-refractivity contribution in [3.8, 4) is 5.75 Å². The summed E-state index contributed by atoms with van der Waals surface area (Å²) in [5, 5.41) is 26.3. The molecule has 1 amide bonds. The molecule has 0 saturated carbocycles. The van der Waals surface area contributed by atoms with Crippen LogP contribution in [0.2, 0.25) is 0 Å². The summed E-state index contributed by atoms with van der Waals surface area (Å²) in [5.74, 6) is -0.976. The fourth-order valence-electron chi connectivity index (χ4n) is 1.63. The van der Waals surface area contributed by atoms with E-state index in [0.29, 0.717) is 5.56 Å². The Bertz CT molecular complexity index is 790. The predicted octanol–water partition coefficient (Wildman–Crippen LogP) is 1.90. The van der Waals surface area contributed by atoms with Crippen LogP contribution in [0, 0.1) is 17.0 Å². The van der Waals surface area contributed by atoms with Crippen molar-refractivity contribution in [2.45, 2.75) is 6.92 Å². The molecule has 2 aromatic rings. The minimum atomic E-state index is -0.627. The summed E-state index contributed by atoms with van der Waals surface area (Å²) in [6.45, 7) is 1.79. The number of hydrazone groups is 1. The molecule has 0 radical (unpaired) electrons. The maximum atomic E-state index is 11.8. The Labute approximate surface area is 139 Å². The van der Waals surface area contributed by atoms with Gasteiger partial charge in [-0.1, -0.05) is 21.7 Å². The first-order valence-electron chi connectivity index (χ1n) is 6.29. The van der Waals surface area contributed by atoms with Crippen LogP contribution in [0.1, 0.15) is 21.6 Å². The SMILES string of the molecule is Cc1ccc(C(=O)N/N=C\c2cc([N+](=O)[O-])cc(Br)c2[O-])cn1. The number of pyridine rings is 1. The quantitative estimate of drug-likeness (QED) is 0.495. The van der Waals surface area contributed by atoms with Crippen LogP contribution in [0.4, 0.5) is 5.69 Å². The van der Waals surface area contributed by atoms with Gasteiger partial charge in [0.05, 0.1) is 16.7 Å². The summed E-state index contributed by atoms with van der Waals surface area (Å²) in [5.41, 5.74) is 3.02. The summed E-state index contributed by atoms with van der Waals surface area (Å²) in [6.07, 6.45) is 2.45. The Morgan fingerprint density at radius 1 is 1.43 bits per heavy atom. The number of hydrogen-bond donors (Lipinski definition) is 1. The molecule has 8 nitrogen and oxygen atoms in total. The number of carbonyl (C=O) groups is 1. The van der Waals surface area contributed by atoms with Gasteiger partial charge in [0.15, 0.2) is 0 Å². The highest BCUT2D eigenvalue weighted by atomic mass is 79.9. The van der Waals surface area contributed by atoms with Gasteiger partial charge in [0.25, 0.3) is 11.6 Å². The number of aryl methyl sites for hydroxylation is 1. The monoisotopic (exact) mass is 377 g/mol. The molecule has 9 heteroatoms. The molecule has 0 atom stereocenters. The summed E-state index contributed by atoms with van der Waals surface area (Å²) in [7, 11) is 0. The van der Waals surface area contributed by atoms with Gasteiger partial charge in [-0.3, -0.25) is 19.9 Å². The minimum absolute atomic E-state index is 0.0200. The van der Waals surface area contributed by atoms with Crippen LogP contribution in [-0.4, -0.2) is 22.0 Å². The van der Waals surface area contributed by atoms with Gasteiger partial charge < -0.3 is 5.11 Å². The van der Waals surface area contributed by atoms with E-state index in [4.69, 9.17) is 0 Å². The van der Waals surface area contributed by atoms with Crippen molar-refractivity contribution in [2.75, 3.05) is 0 Å². The third-order valence-corrected chi connectivity index (χ3v) is 3.40. The van der Waals surface area contributed by atoms with Crippen molar-refractivity contribution >= 4 is 33.7 Å². The zero-order valence-electron chi connectivity index (χ0n) is 11.8. The lowest BCUT2D eigenvalue weighted by molar-refractivity contribution is -0.385. The fraction of sp³-hybridized carbons (Fsp3) is 0.0714. The van der Waals surface area contributed by atoms with Gasteiger partial charge in [-0.25, -0.2) is 5.43 Å². The highest BCUT2D eigenvalue weighted by Gasteiger charge is 2.09. The lowest BCUT2D eigenvalue weighted by Crippen LogP contribution is -2.18. The first kappa shape index (κ1) is 16.6. The maximum Gasteiger partial charge on any atom is 0.272 e. The molecular weight excluding hydrogens is 368 g/mol. The standard InChI is InChI=1S/C14H11BrN4O4/c1-8-2-3-9(6-16-8)14(21)18-17-7-10-4-11(19(22)23)5-12(15)13(10)20/h2-7,20H,1H3,(H,18,21)/p-1/b17-7-. The topological polar surface area (TPSA) is 121 Å². The van der Waals surface area contributed by atoms with Crippen molar-refractivity contribution in [1.82, 2.24) is 10.4 Å². The van der Waals surface area contributed by atoms with E-state index in [2.05, 4.69) is 31.4 Å². The van der Waals surface area contributed by atoms with Gasteiger partial charge in [0, 0.05) is 28.5 Å². The zero-order valence-corrected chi connectivity index (χ0v) is 13.4. The number of halogens is 1. The van der Waals surface area contributed by atoms with Gasteiger partial charge >= 0.3 is 0 Å². The normalized spacial score (nSPS) is 10.7. The molecule has 0 aliphatic carbocycles. The van der Waals surface area contributed by atoms with Crippen molar-refractivity contribution in [3.63, 3.8) is 0 Å². The third kappa shape index (κ3) is 4.10. The molecule has 2 rings (SSSR count). The highest BCUT2D eigenvalue weighted by molar-refractivity contribution is 9.10. The Hall–Kier alpha value is -2.81. The number of carbonyl (C=O) groups excluding carboxylic acids is 1. The van der Waals surface area contributed by atoms with E-state index in [-0.39, 0.29) is 15.7 Å². The van der Waals surface area contributed by atoms with Crippen LogP contribution in [0.5, 0.6) is 5.75 Å². The molecule has 0 unspecified atom stereocenters. The lowest BCUT2D eigenvalue weighted by Gasteiger charge is -2.12. The van der Waals surface area contributed by atoms with E-state index in [0.717, 1.165) is 24.0 Å². The van der Waals surface area contributed by atoms with Crippen LogP contribution >= 0.6 is 15.9 Å². The van der Waals surface area contributed by atoms with Crippen molar-refractivity contribution in [1.29, 1.82) is 0 Å². The molecule has 1 aromatic carbocycles. The van der Waals surface area contributed by atoms with E-state index in [9.17, 15) is 20.0 Å². The second-order valence-corrected chi connectivity index (χ2v) is 5.34. The summed E-state index contributed by atoms with van der Waals surface area (Å²) >= 11 is 2.96. The predicted molar refractivity (Wildman–Crippen MR) is 84.3 cm³/mol. The Balaban J connectivity index is 2.15. The molecule has 1 aromatic heterocycles. The number of nitro groups is 1. The molecule has 1 N–H and O–H groups in total. The molecule has 0 aliphatic heterocycles. The molecule has 0 spiro atoms. The largest absolute Gasteiger partial charge is 0.871 e. The van der Waals surface area contributed by atoms with Crippen LogP contribution in [0.15, 0.2) is 40.0 Å². The van der Waals surface area contributed by atoms with Crippen molar-refractivity contribution in [2.24, 2.45) is 5.10 Å². The average molecular weight is 378 g/mol. The smallest absolute Gasteiger partial charge is 0.272 e. The fourth-order valence-corrected chi connectivity index (χ4v) is 2.09. The number of amides is 1. The number of aromatic nitrogens is 1. The van der Waals surface area contributed by atoms with Crippen molar-refractivity contribution in [3.05, 3.63) is 61.9 Å². The maximum absolute atomic E-state index is 11.8. The van der Waals surface area contributed by atoms with Gasteiger partial charge in [-0.2, -0.15) is 5.10 Å². The number of non-ortho nitro benzene ring substituents is 1. The first-order chi connectivity index (χ1) is 10.9. The number of nitro benzene ring substituents is 1. The Kier molecular flexibility index (Phi) is 5.02. The number of benzene rings is 1. The van der Waals surface area contributed by atoms with Crippen LogP contribution in [-0.2, 0) is 0 Å². The molecular formula is C14H10BrN4O4-. The van der Waals surface area contributed by atoms with Gasteiger partial charge in [0.2, 0.25) is 0 Å². The van der Waals surface area contributed by atoms with Gasteiger partial charge in [-0.15, -0.1) is 0 Å². The Morgan fingerprint density at radius 2 is 2.17 bits per heavy atom. The molecule has 0 fully saturated rings. The minimum Gasteiger partial charge on any atom is -0.871 e. The molecule has 0 aliphatic rings. The summed E-state index contributed by atoms with van der Waals surface area (Å²) in [4.78, 5) is 25.9. The molecule has 118 valence electrons. The van der Waals surface area contributed by atoms with E-state index in [1.54, 1.807) is 19.1 Å². The second-order valence-electron chi connectivity index (χ2n) is 4.49. The van der Waals surface area contributed by atoms with Crippen LogP contribution < -0.4 is 10.5 Å². The van der Waals surface area contributed by atoms with Crippen molar-refractivity contribution < 1.29 is 14.8 Å². The number of rotatable bonds is 4. The average Bonchev–Trinajstić information content (AvgIpc) is 2.51. The molecule has 0 saturated heterocycles. The van der Waals surface area contributed by atoms with E-state index < -0.39 is 16.6 Å². The van der Waals surface area contributed by atoms with Crippen LogP contribution in [0.25, 0.3) is 0 Å². The number of nitrogens with one attached hydrogen (secondary N) is 1. The number of nitrogens with zero attached hydrogens (tertiary/aromatic N) is 3. The van der Waals surface area contributed by atoms with E-state index in [1.165, 1.54) is 6.20 Å². The second kappa shape index (κ2) is 6.97. The zero-order chi connectivity index (χ0) is 17.0. The summed E-state index contributed by atoms with van der Waals surface area (Å²) in [6, 6.07) is 5.44.